The molecule has 0 bridgehead atoms. The third-order valence-corrected chi connectivity index (χ3v) is 2.87. The van der Waals surface area contributed by atoms with Gasteiger partial charge in [0.1, 0.15) is 5.82 Å². The van der Waals surface area contributed by atoms with Gasteiger partial charge in [0.05, 0.1) is 12.7 Å². The number of nitrogens with zero attached hydrogens (tertiary/aromatic N) is 1. The number of benzene rings is 1. The molecule has 1 aromatic heterocycles. The number of carbonyl (C=O) groups is 1. The number of pyridine rings is 1. The van der Waals surface area contributed by atoms with Crippen LogP contribution in [-0.4, -0.2) is 18.0 Å². The van der Waals surface area contributed by atoms with Crippen LogP contribution in [0.25, 0.3) is 0 Å². The zero-order chi connectivity index (χ0) is 14.5. The normalized spacial score (nSPS) is 10.2. The SMILES string of the molecule is COc1ccc(CNC(=O)c2cc(Cl)ccc2F)cn1. The number of methoxy groups -OCH3 is 1. The van der Waals surface area contributed by atoms with Gasteiger partial charge in [0.2, 0.25) is 5.88 Å². The first-order valence-electron chi connectivity index (χ1n) is 5.82. The Morgan fingerprint density at radius 2 is 2.20 bits per heavy atom. The molecule has 0 fully saturated rings. The van der Waals surface area contributed by atoms with Crippen molar-refractivity contribution in [3.05, 3.63) is 58.5 Å². The second-order valence-corrected chi connectivity index (χ2v) is 4.45. The average Bonchev–Trinajstić information content (AvgIpc) is 2.47. The van der Waals surface area contributed by atoms with E-state index < -0.39 is 11.7 Å². The minimum atomic E-state index is -0.611. The maximum absolute atomic E-state index is 13.5. The van der Waals surface area contributed by atoms with E-state index in [2.05, 4.69) is 10.3 Å². The Kier molecular flexibility index (Phi) is 4.53. The van der Waals surface area contributed by atoms with Crippen LogP contribution in [0.15, 0.2) is 36.5 Å². The van der Waals surface area contributed by atoms with Crippen LogP contribution in [0.3, 0.4) is 0 Å². The second kappa shape index (κ2) is 6.34. The lowest BCUT2D eigenvalue weighted by atomic mass is 10.2. The van der Waals surface area contributed by atoms with Gasteiger partial charge in [-0.3, -0.25) is 4.79 Å². The van der Waals surface area contributed by atoms with Crippen LogP contribution in [0.4, 0.5) is 4.39 Å². The van der Waals surface area contributed by atoms with Crippen molar-refractivity contribution in [1.82, 2.24) is 10.3 Å². The Bertz CT molecular complexity index is 617. The van der Waals surface area contributed by atoms with E-state index in [4.69, 9.17) is 16.3 Å². The molecule has 0 unspecified atom stereocenters. The fourth-order valence-corrected chi connectivity index (χ4v) is 1.76. The molecule has 0 saturated carbocycles. The van der Waals surface area contributed by atoms with Crippen molar-refractivity contribution in [2.75, 3.05) is 7.11 Å². The molecule has 0 spiro atoms. The number of rotatable bonds is 4. The van der Waals surface area contributed by atoms with E-state index in [-0.39, 0.29) is 12.1 Å². The molecule has 1 aromatic carbocycles. The summed E-state index contributed by atoms with van der Waals surface area (Å²) >= 11 is 5.74. The summed E-state index contributed by atoms with van der Waals surface area (Å²) in [4.78, 5) is 15.9. The number of halogens is 2. The van der Waals surface area contributed by atoms with Crippen molar-refractivity contribution in [3.8, 4) is 5.88 Å². The standard InChI is InChI=1S/C14H12ClFN2O2/c1-20-13-5-2-9(7-17-13)8-18-14(19)11-6-10(15)3-4-12(11)16/h2-7H,8H2,1H3,(H,18,19). The molecule has 20 heavy (non-hydrogen) atoms. The summed E-state index contributed by atoms with van der Waals surface area (Å²) in [6, 6.07) is 7.29. The van der Waals surface area contributed by atoms with Gasteiger partial charge in [-0.1, -0.05) is 17.7 Å². The molecule has 0 atom stereocenters. The molecule has 0 saturated heterocycles. The predicted molar refractivity (Wildman–Crippen MR) is 73.4 cm³/mol. The van der Waals surface area contributed by atoms with Gasteiger partial charge in [-0.25, -0.2) is 9.37 Å². The van der Waals surface area contributed by atoms with Crippen LogP contribution in [0.5, 0.6) is 5.88 Å². The summed E-state index contributed by atoms with van der Waals surface area (Å²) < 4.78 is 18.4. The molecule has 4 nitrogen and oxygen atoms in total. The molecule has 1 heterocycles. The summed E-state index contributed by atoms with van der Waals surface area (Å²) in [7, 11) is 1.52. The fourth-order valence-electron chi connectivity index (χ4n) is 1.59. The Morgan fingerprint density at radius 3 is 2.85 bits per heavy atom. The Morgan fingerprint density at radius 1 is 1.40 bits per heavy atom. The highest BCUT2D eigenvalue weighted by Crippen LogP contribution is 2.15. The third-order valence-electron chi connectivity index (χ3n) is 2.63. The number of aromatic nitrogens is 1. The highest BCUT2D eigenvalue weighted by molar-refractivity contribution is 6.30. The second-order valence-electron chi connectivity index (χ2n) is 4.02. The molecule has 6 heteroatoms. The van der Waals surface area contributed by atoms with Crippen molar-refractivity contribution in [2.45, 2.75) is 6.54 Å². The molecular formula is C14H12ClFN2O2. The lowest BCUT2D eigenvalue weighted by molar-refractivity contribution is 0.0947. The summed E-state index contributed by atoms with van der Waals surface area (Å²) in [5.41, 5.74) is 0.695. The van der Waals surface area contributed by atoms with Crippen LogP contribution < -0.4 is 10.1 Å². The molecule has 0 aliphatic carbocycles. The number of hydrogen-bond donors (Lipinski definition) is 1. The number of carbonyl (C=O) groups excluding carboxylic acids is 1. The molecule has 104 valence electrons. The number of nitrogens with one attached hydrogen (secondary N) is 1. The van der Waals surface area contributed by atoms with E-state index in [1.165, 1.54) is 19.2 Å². The first-order valence-corrected chi connectivity index (χ1v) is 6.20. The first-order chi connectivity index (χ1) is 9.60. The van der Waals surface area contributed by atoms with Gasteiger partial charge in [-0.15, -0.1) is 0 Å². The van der Waals surface area contributed by atoms with Gasteiger partial charge in [-0.05, 0) is 23.8 Å². The van der Waals surface area contributed by atoms with Crippen molar-refractivity contribution in [1.29, 1.82) is 0 Å². The maximum Gasteiger partial charge on any atom is 0.254 e. The van der Waals surface area contributed by atoms with E-state index >= 15 is 0 Å². The van der Waals surface area contributed by atoms with Crippen molar-refractivity contribution >= 4 is 17.5 Å². The van der Waals surface area contributed by atoms with Crippen molar-refractivity contribution in [3.63, 3.8) is 0 Å². The van der Waals surface area contributed by atoms with Gasteiger partial charge in [0.15, 0.2) is 0 Å². The minimum absolute atomic E-state index is 0.0843. The van der Waals surface area contributed by atoms with Gasteiger partial charge in [-0.2, -0.15) is 0 Å². The Balaban J connectivity index is 2.02. The van der Waals surface area contributed by atoms with Gasteiger partial charge in [0, 0.05) is 23.8 Å². The van der Waals surface area contributed by atoms with Crippen molar-refractivity contribution in [2.24, 2.45) is 0 Å². The first kappa shape index (κ1) is 14.3. The molecule has 0 radical (unpaired) electrons. The van der Waals surface area contributed by atoms with Gasteiger partial charge in [0.25, 0.3) is 5.91 Å². The highest BCUT2D eigenvalue weighted by atomic mass is 35.5. The summed E-state index contributed by atoms with van der Waals surface area (Å²) in [5, 5.41) is 2.91. The summed E-state index contributed by atoms with van der Waals surface area (Å²) in [6.07, 6.45) is 1.58. The molecular weight excluding hydrogens is 283 g/mol. The van der Waals surface area contributed by atoms with E-state index in [0.29, 0.717) is 10.9 Å². The van der Waals surface area contributed by atoms with Crippen LogP contribution in [0, 0.1) is 5.82 Å². The maximum atomic E-state index is 13.5. The van der Waals surface area contributed by atoms with Crippen molar-refractivity contribution < 1.29 is 13.9 Å². The monoisotopic (exact) mass is 294 g/mol. The number of ether oxygens (including phenoxy) is 1. The lowest BCUT2D eigenvalue weighted by Gasteiger charge is -2.07. The molecule has 2 aromatic rings. The van der Waals surface area contributed by atoms with Crippen LogP contribution in [-0.2, 0) is 6.54 Å². The quantitative estimate of drug-likeness (QED) is 0.943. The van der Waals surface area contributed by atoms with Gasteiger partial charge < -0.3 is 10.1 Å². The number of hydrogen-bond acceptors (Lipinski definition) is 3. The largest absolute Gasteiger partial charge is 0.481 e. The number of amides is 1. The topological polar surface area (TPSA) is 51.2 Å². The lowest BCUT2D eigenvalue weighted by Crippen LogP contribution is -2.23. The Labute approximate surface area is 120 Å². The minimum Gasteiger partial charge on any atom is -0.481 e. The van der Waals surface area contributed by atoms with E-state index in [0.717, 1.165) is 11.6 Å². The molecule has 1 amide bonds. The van der Waals surface area contributed by atoms with E-state index in [1.54, 1.807) is 18.3 Å². The molecule has 0 aliphatic heterocycles. The summed E-state index contributed by atoms with van der Waals surface area (Å²) in [5.74, 6) is -0.651. The van der Waals surface area contributed by atoms with Crippen LogP contribution >= 0.6 is 11.6 Å². The van der Waals surface area contributed by atoms with Gasteiger partial charge >= 0.3 is 0 Å². The van der Waals surface area contributed by atoms with Crippen LogP contribution in [0.2, 0.25) is 5.02 Å². The smallest absolute Gasteiger partial charge is 0.254 e. The Hall–Kier alpha value is -2.14. The predicted octanol–water partition coefficient (Wildman–Crippen LogP) is 2.81. The fraction of sp³-hybridized carbons (Fsp3) is 0.143. The average molecular weight is 295 g/mol. The highest BCUT2D eigenvalue weighted by Gasteiger charge is 2.11. The zero-order valence-electron chi connectivity index (χ0n) is 10.7. The third kappa shape index (κ3) is 3.45. The van der Waals surface area contributed by atoms with Crippen LogP contribution in [0.1, 0.15) is 15.9 Å². The van der Waals surface area contributed by atoms with E-state index in [9.17, 15) is 9.18 Å². The van der Waals surface area contributed by atoms with E-state index in [1.807, 2.05) is 0 Å². The molecule has 1 N–H and O–H groups in total. The summed E-state index contributed by atoms with van der Waals surface area (Å²) in [6.45, 7) is 0.238. The molecule has 0 aliphatic rings. The molecule has 2 rings (SSSR count). The zero-order valence-corrected chi connectivity index (χ0v) is 11.4.